The molecular formula is C25H25F3N5O3S+. The van der Waals surface area contributed by atoms with Crippen LogP contribution in [0.15, 0.2) is 36.5 Å². The topological polar surface area (TPSA) is 89.7 Å². The number of quaternary nitrogens is 1. The van der Waals surface area contributed by atoms with Crippen LogP contribution in [0.2, 0.25) is 0 Å². The van der Waals surface area contributed by atoms with Crippen LogP contribution in [0, 0.1) is 11.3 Å². The highest BCUT2D eigenvalue weighted by Gasteiger charge is 2.59. The molecule has 8 nitrogen and oxygen atoms in total. The normalized spacial score (nSPS) is 25.2. The summed E-state index contributed by atoms with van der Waals surface area (Å²) in [7, 11) is 1.77. The minimum absolute atomic E-state index is 0.0150. The van der Waals surface area contributed by atoms with Gasteiger partial charge < -0.3 is 9.64 Å². The van der Waals surface area contributed by atoms with Gasteiger partial charge in [0.1, 0.15) is 36.6 Å². The molecule has 0 unspecified atom stereocenters. The molecular weight excluding hydrogens is 507 g/mol. The molecule has 1 aromatic carbocycles. The Bertz CT molecular complexity index is 1280. The molecule has 2 aliphatic heterocycles. The number of benzene rings is 1. The van der Waals surface area contributed by atoms with Crippen molar-refractivity contribution in [1.29, 1.82) is 5.26 Å². The molecule has 3 fully saturated rings. The molecule has 1 N–H and O–H groups in total. The lowest BCUT2D eigenvalue weighted by atomic mass is 9.75. The maximum absolute atomic E-state index is 13.6. The monoisotopic (exact) mass is 532 g/mol. The Balaban J connectivity index is 1.42. The first-order valence-electron chi connectivity index (χ1n) is 12.0. The van der Waals surface area contributed by atoms with Gasteiger partial charge in [0.15, 0.2) is 10.8 Å². The van der Waals surface area contributed by atoms with Crippen molar-refractivity contribution < 1.29 is 32.6 Å². The number of pyridine rings is 1. The molecule has 0 radical (unpaired) electrons. The second-order valence-corrected chi connectivity index (χ2v) is 10.3. The molecule has 3 heterocycles. The molecule has 3 aliphatic rings. The molecule has 194 valence electrons. The van der Waals surface area contributed by atoms with E-state index in [4.69, 9.17) is 22.2 Å². The average molecular weight is 533 g/mol. The number of aromatic nitrogens is 1. The van der Waals surface area contributed by atoms with E-state index in [9.17, 15) is 23.2 Å². The highest BCUT2D eigenvalue weighted by Crippen LogP contribution is 2.48. The van der Waals surface area contributed by atoms with Gasteiger partial charge in [-0.15, -0.1) is 0 Å². The van der Waals surface area contributed by atoms with E-state index in [1.165, 1.54) is 6.07 Å². The second kappa shape index (κ2) is 8.93. The molecule has 0 bridgehead atoms. The number of carbonyl (C=O) groups is 1. The predicted molar refractivity (Wildman–Crippen MR) is 131 cm³/mol. The highest BCUT2D eigenvalue weighted by molar-refractivity contribution is 7.81. The van der Waals surface area contributed by atoms with Crippen molar-refractivity contribution in [2.45, 2.75) is 49.9 Å². The number of likely N-dealkylation sites (tertiary alicyclic amines) is 1. The number of nitriles is 1. The fourth-order valence-electron chi connectivity index (χ4n) is 5.17. The van der Waals surface area contributed by atoms with Crippen molar-refractivity contribution in [1.82, 2.24) is 4.98 Å². The van der Waals surface area contributed by atoms with E-state index in [1.54, 1.807) is 36.2 Å². The Morgan fingerprint density at radius 1 is 1.22 bits per heavy atom. The number of amides is 1. The van der Waals surface area contributed by atoms with E-state index < -0.39 is 28.9 Å². The van der Waals surface area contributed by atoms with Crippen molar-refractivity contribution >= 4 is 34.6 Å². The Labute approximate surface area is 217 Å². The number of ether oxygens (including phenoxy) is 1. The maximum Gasteiger partial charge on any atom is 0.419 e. The summed E-state index contributed by atoms with van der Waals surface area (Å²) in [4.78, 5) is 20.0. The van der Waals surface area contributed by atoms with Crippen molar-refractivity contribution in [2.24, 2.45) is 0 Å². The summed E-state index contributed by atoms with van der Waals surface area (Å²) in [5, 5.41) is 19.2. The lowest BCUT2D eigenvalue weighted by Crippen LogP contribution is -2.55. The molecule has 1 spiro atoms. The smallest absolute Gasteiger partial charge is 0.419 e. The number of anilines is 2. The molecule has 12 heteroatoms. The first kappa shape index (κ1) is 25.4. The second-order valence-electron chi connectivity index (χ2n) is 9.94. The summed E-state index contributed by atoms with van der Waals surface area (Å²) in [6.45, 7) is 1.21. The Morgan fingerprint density at radius 2 is 1.86 bits per heavy atom. The predicted octanol–water partition coefficient (Wildman–Crippen LogP) is 4.41. The fraction of sp³-hybridized carbons (Fsp3) is 0.440. The number of hydrogen-bond acceptors (Lipinski definition) is 6. The number of piperidine rings is 1. The third-order valence-electron chi connectivity index (χ3n) is 7.40. The molecule has 37 heavy (non-hydrogen) atoms. The summed E-state index contributed by atoms with van der Waals surface area (Å²) in [5.74, 6) is 0.237. The quantitative estimate of drug-likeness (QED) is 0.461. The first-order valence-corrected chi connectivity index (χ1v) is 12.4. The van der Waals surface area contributed by atoms with Crippen molar-refractivity contribution in [3.63, 3.8) is 0 Å². The fourth-order valence-corrected chi connectivity index (χ4v) is 5.64. The summed E-state index contributed by atoms with van der Waals surface area (Å²) in [5.41, 5.74) is -2.44. The average Bonchev–Trinajstić information content (AvgIpc) is 3.06. The number of hydroxylamine groups is 3. The molecule has 1 aliphatic carbocycles. The highest BCUT2D eigenvalue weighted by atomic mass is 32.1. The van der Waals surface area contributed by atoms with E-state index in [-0.39, 0.29) is 21.6 Å². The number of nitrogens with zero attached hydrogens (tertiary/aromatic N) is 5. The van der Waals surface area contributed by atoms with Crippen LogP contribution in [0.25, 0.3) is 0 Å². The van der Waals surface area contributed by atoms with Crippen LogP contribution in [0.5, 0.6) is 5.75 Å². The van der Waals surface area contributed by atoms with Crippen LogP contribution in [-0.4, -0.2) is 57.6 Å². The lowest BCUT2D eigenvalue weighted by molar-refractivity contribution is -1.09. The van der Waals surface area contributed by atoms with Crippen molar-refractivity contribution in [3.8, 4) is 11.8 Å². The third-order valence-corrected chi connectivity index (χ3v) is 7.76. The Kier molecular flexibility index (Phi) is 6.13. The van der Waals surface area contributed by atoms with Crippen LogP contribution in [0.1, 0.15) is 43.4 Å². The molecule has 1 saturated carbocycles. The molecule has 0 atom stereocenters. The summed E-state index contributed by atoms with van der Waals surface area (Å²) >= 11 is 5.64. The van der Waals surface area contributed by atoms with E-state index in [0.29, 0.717) is 37.4 Å². The van der Waals surface area contributed by atoms with Gasteiger partial charge in [-0.05, 0) is 61.8 Å². The minimum Gasteiger partial charge on any atom is -0.490 e. The van der Waals surface area contributed by atoms with Gasteiger partial charge in [-0.1, -0.05) is 0 Å². The van der Waals surface area contributed by atoms with Crippen molar-refractivity contribution in [3.05, 3.63) is 47.8 Å². The third kappa shape index (κ3) is 4.41. The van der Waals surface area contributed by atoms with Crippen molar-refractivity contribution in [2.75, 3.05) is 29.9 Å². The largest absolute Gasteiger partial charge is 0.490 e. The zero-order valence-corrected chi connectivity index (χ0v) is 20.8. The Morgan fingerprint density at radius 3 is 2.41 bits per heavy atom. The maximum atomic E-state index is 13.6. The van der Waals surface area contributed by atoms with E-state index in [1.807, 2.05) is 0 Å². The molecule has 2 aromatic rings. The summed E-state index contributed by atoms with van der Waals surface area (Å²) in [6.07, 6.45) is -0.512. The molecule has 1 amide bonds. The number of rotatable bonds is 4. The zero-order chi connectivity index (χ0) is 26.6. The van der Waals surface area contributed by atoms with Gasteiger partial charge in [0.2, 0.25) is 0 Å². The van der Waals surface area contributed by atoms with Gasteiger partial charge in [-0.3, -0.25) is 9.69 Å². The SMILES string of the molecule is C[N+]1(O)CCC(Oc2ccc(N3C(=S)N(c4cnc(C#N)c(C(F)(F)F)c4)C(=O)C34CCC4)cc2)CC1. The summed E-state index contributed by atoms with van der Waals surface area (Å²) < 4.78 is 46.7. The van der Waals surface area contributed by atoms with Gasteiger partial charge in [0.25, 0.3) is 5.91 Å². The summed E-state index contributed by atoms with van der Waals surface area (Å²) in [6, 6.07) is 9.33. The Hall–Kier alpha value is -3.27. The van der Waals surface area contributed by atoms with E-state index in [0.717, 1.165) is 36.4 Å². The van der Waals surface area contributed by atoms with Crippen LogP contribution in [0.4, 0.5) is 24.5 Å². The number of alkyl halides is 3. The van der Waals surface area contributed by atoms with E-state index in [2.05, 4.69) is 4.98 Å². The van der Waals surface area contributed by atoms with Crippen LogP contribution >= 0.6 is 12.2 Å². The van der Waals surface area contributed by atoms with Gasteiger partial charge in [0.05, 0.1) is 24.5 Å². The standard InChI is InChI=1S/C25H25F3N5O3S/c1-33(35)11-7-19(8-12-33)36-18-5-3-16(4-6-18)32-23(37)31(22(34)24(32)9-2-10-24)17-13-20(25(26,27)28)21(14-29)30-15-17/h3-6,13,15,19,35H,2,7-12H2,1H3/q+1. The van der Waals surface area contributed by atoms with Crippen LogP contribution in [0.3, 0.4) is 0 Å². The number of thiocarbonyl (C=S) groups is 1. The van der Waals surface area contributed by atoms with E-state index >= 15 is 0 Å². The number of carbonyl (C=O) groups excluding carboxylic acids is 1. The van der Waals surface area contributed by atoms with Gasteiger partial charge in [-0.25, -0.2) is 10.2 Å². The zero-order valence-electron chi connectivity index (χ0n) is 20.0. The number of hydrogen-bond donors (Lipinski definition) is 1. The molecule has 1 aromatic heterocycles. The van der Waals surface area contributed by atoms with Gasteiger partial charge >= 0.3 is 6.18 Å². The lowest BCUT2D eigenvalue weighted by Gasteiger charge is -2.43. The molecule has 2 saturated heterocycles. The minimum atomic E-state index is -4.81. The van der Waals surface area contributed by atoms with Gasteiger partial charge in [0, 0.05) is 18.5 Å². The van der Waals surface area contributed by atoms with Crippen LogP contribution in [-0.2, 0) is 11.0 Å². The van der Waals surface area contributed by atoms with Gasteiger partial charge in [-0.2, -0.15) is 23.1 Å². The van der Waals surface area contributed by atoms with Crippen LogP contribution < -0.4 is 14.5 Å². The molecule has 5 rings (SSSR count). The first-order chi connectivity index (χ1) is 17.4. The number of halogens is 3.